The largest absolute Gasteiger partial charge is 0.508 e. The second-order valence-electron chi connectivity index (χ2n) is 6.31. The lowest BCUT2D eigenvalue weighted by Crippen LogP contribution is -2.51. The standard InChI is InChI=1S/C17H23NO4/c1-12-2-3-13(10-15(12)19)16(20)18-14-4-7-22-17(11-14)5-8-21-9-6-17/h2-3,10,14,19H,4-9,11H2,1H3,(H,18,20). The molecule has 1 aromatic rings. The number of hydrogen-bond acceptors (Lipinski definition) is 4. The molecule has 1 atom stereocenters. The van der Waals surface area contributed by atoms with E-state index in [1.54, 1.807) is 12.1 Å². The average Bonchev–Trinajstić information content (AvgIpc) is 2.51. The number of benzene rings is 1. The van der Waals surface area contributed by atoms with Gasteiger partial charge in [-0.15, -0.1) is 0 Å². The lowest BCUT2D eigenvalue weighted by atomic mass is 9.84. The first-order valence-corrected chi connectivity index (χ1v) is 7.90. The van der Waals surface area contributed by atoms with Gasteiger partial charge in [-0.1, -0.05) is 6.07 Å². The minimum absolute atomic E-state index is 0.114. The minimum Gasteiger partial charge on any atom is -0.508 e. The number of carbonyl (C=O) groups excluding carboxylic acids is 1. The van der Waals surface area contributed by atoms with E-state index < -0.39 is 0 Å². The molecule has 0 radical (unpaired) electrons. The van der Waals surface area contributed by atoms with Gasteiger partial charge in [0.2, 0.25) is 0 Å². The van der Waals surface area contributed by atoms with Crippen molar-refractivity contribution in [2.75, 3.05) is 19.8 Å². The second-order valence-corrected chi connectivity index (χ2v) is 6.31. The first kappa shape index (κ1) is 15.3. The molecule has 3 rings (SSSR count). The van der Waals surface area contributed by atoms with Gasteiger partial charge in [-0.3, -0.25) is 4.79 Å². The molecule has 120 valence electrons. The molecule has 2 fully saturated rings. The maximum atomic E-state index is 12.4. The van der Waals surface area contributed by atoms with E-state index in [-0.39, 0.29) is 23.3 Å². The molecule has 0 bridgehead atoms. The van der Waals surface area contributed by atoms with Gasteiger partial charge in [-0.2, -0.15) is 0 Å². The highest BCUT2D eigenvalue weighted by Gasteiger charge is 2.39. The number of carbonyl (C=O) groups is 1. The summed E-state index contributed by atoms with van der Waals surface area (Å²) in [5.74, 6) is 0.0185. The van der Waals surface area contributed by atoms with Gasteiger partial charge in [0, 0.05) is 31.4 Å². The van der Waals surface area contributed by atoms with Crippen molar-refractivity contribution < 1.29 is 19.4 Å². The molecule has 2 saturated heterocycles. The Balaban J connectivity index is 1.64. The summed E-state index contributed by atoms with van der Waals surface area (Å²) in [6.07, 6.45) is 3.45. The SMILES string of the molecule is Cc1ccc(C(=O)NC2CCOC3(CCOCC3)C2)cc1O. The van der Waals surface area contributed by atoms with E-state index in [1.807, 2.05) is 6.92 Å². The van der Waals surface area contributed by atoms with Crippen LogP contribution >= 0.6 is 0 Å². The van der Waals surface area contributed by atoms with Gasteiger partial charge < -0.3 is 19.9 Å². The lowest BCUT2D eigenvalue weighted by molar-refractivity contribution is -0.139. The first-order chi connectivity index (χ1) is 10.6. The van der Waals surface area contributed by atoms with Crippen molar-refractivity contribution in [1.82, 2.24) is 5.32 Å². The first-order valence-electron chi connectivity index (χ1n) is 7.90. The van der Waals surface area contributed by atoms with Crippen molar-refractivity contribution in [3.8, 4) is 5.75 Å². The molecule has 22 heavy (non-hydrogen) atoms. The Morgan fingerprint density at radius 3 is 2.82 bits per heavy atom. The zero-order chi connectivity index (χ0) is 15.6. The van der Waals surface area contributed by atoms with E-state index in [9.17, 15) is 9.90 Å². The Hall–Kier alpha value is -1.59. The van der Waals surface area contributed by atoms with Crippen molar-refractivity contribution in [1.29, 1.82) is 0 Å². The van der Waals surface area contributed by atoms with Crippen LogP contribution in [0.3, 0.4) is 0 Å². The summed E-state index contributed by atoms with van der Waals surface area (Å²) in [7, 11) is 0. The molecule has 0 aromatic heterocycles. The minimum atomic E-state index is -0.135. The Labute approximate surface area is 130 Å². The molecular weight excluding hydrogens is 282 g/mol. The van der Waals surface area contributed by atoms with Crippen molar-refractivity contribution in [3.05, 3.63) is 29.3 Å². The number of rotatable bonds is 2. The average molecular weight is 305 g/mol. The number of amides is 1. The molecule has 2 aliphatic heterocycles. The highest BCUT2D eigenvalue weighted by molar-refractivity contribution is 5.94. The van der Waals surface area contributed by atoms with E-state index >= 15 is 0 Å². The topological polar surface area (TPSA) is 67.8 Å². The van der Waals surface area contributed by atoms with Crippen molar-refractivity contribution in [2.24, 2.45) is 0 Å². The van der Waals surface area contributed by atoms with Gasteiger partial charge in [0.25, 0.3) is 5.91 Å². The van der Waals surface area contributed by atoms with Gasteiger partial charge in [0.05, 0.1) is 5.60 Å². The molecule has 2 heterocycles. The molecule has 5 heteroatoms. The number of aryl methyl sites for hydroxylation is 1. The fraction of sp³-hybridized carbons (Fsp3) is 0.588. The number of nitrogens with one attached hydrogen (secondary N) is 1. The second kappa shape index (κ2) is 6.26. The van der Waals surface area contributed by atoms with Crippen molar-refractivity contribution >= 4 is 5.91 Å². The molecule has 2 aliphatic rings. The van der Waals surface area contributed by atoms with E-state index in [0.717, 1.165) is 44.5 Å². The zero-order valence-corrected chi connectivity index (χ0v) is 12.9. The third kappa shape index (κ3) is 3.25. The number of aromatic hydroxyl groups is 1. The quantitative estimate of drug-likeness (QED) is 0.878. The van der Waals surface area contributed by atoms with E-state index in [2.05, 4.69) is 5.32 Å². The normalized spacial score (nSPS) is 24.1. The molecule has 1 unspecified atom stereocenters. The Bertz CT molecular complexity index is 546. The van der Waals surface area contributed by atoms with Gasteiger partial charge in [-0.05, 0) is 50.3 Å². The predicted octanol–water partition coefficient (Wildman–Crippen LogP) is 2.16. The van der Waals surface area contributed by atoms with Crippen molar-refractivity contribution in [2.45, 2.75) is 44.2 Å². The number of phenols is 1. The molecule has 5 nitrogen and oxygen atoms in total. The summed E-state index contributed by atoms with van der Waals surface area (Å²) >= 11 is 0. The number of hydrogen-bond donors (Lipinski definition) is 2. The molecule has 2 N–H and O–H groups in total. The smallest absolute Gasteiger partial charge is 0.251 e. The fourth-order valence-corrected chi connectivity index (χ4v) is 3.26. The molecule has 1 amide bonds. The Kier molecular flexibility index (Phi) is 4.36. The van der Waals surface area contributed by atoms with Crippen LogP contribution in [0.15, 0.2) is 18.2 Å². The summed E-state index contributed by atoms with van der Waals surface area (Å²) in [5, 5.41) is 12.8. The van der Waals surface area contributed by atoms with E-state index in [0.29, 0.717) is 12.2 Å². The highest BCUT2D eigenvalue weighted by Crippen LogP contribution is 2.34. The molecule has 0 aliphatic carbocycles. The summed E-state index contributed by atoms with van der Waals surface area (Å²) in [6.45, 7) is 3.94. The summed E-state index contributed by atoms with van der Waals surface area (Å²) in [4.78, 5) is 12.4. The molecule has 1 spiro atoms. The Morgan fingerprint density at radius 2 is 2.09 bits per heavy atom. The molecular formula is C17H23NO4. The monoisotopic (exact) mass is 305 g/mol. The fourth-order valence-electron chi connectivity index (χ4n) is 3.26. The van der Waals surface area contributed by atoms with Crippen LogP contribution in [0.25, 0.3) is 0 Å². The van der Waals surface area contributed by atoms with E-state index in [4.69, 9.17) is 9.47 Å². The van der Waals surface area contributed by atoms with Crippen LogP contribution < -0.4 is 5.32 Å². The van der Waals surface area contributed by atoms with Gasteiger partial charge in [0.1, 0.15) is 5.75 Å². The summed E-state index contributed by atoms with van der Waals surface area (Å²) in [5.41, 5.74) is 1.13. The predicted molar refractivity (Wildman–Crippen MR) is 82.1 cm³/mol. The van der Waals surface area contributed by atoms with Crippen LogP contribution in [0.2, 0.25) is 0 Å². The number of phenolic OH excluding ortho intramolecular Hbond substituents is 1. The Morgan fingerprint density at radius 1 is 1.32 bits per heavy atom. The zero-order valence-electron chi connectivity index (χ0n) is 12.9. The summed E-state index contributed by atoms with van der Waals surface area (Å²) < 4.78 is 11.4. The van der Waals surface area contributed by atoms with Crippen LogP contribution in [0.5, 0.6) is 5.75 Å². The van der Waals surface area contributed by atoms with Gasteiger partial charge >= 0.3 is 0 Å². The molecule has 1 aromatic carbocycles. The van der Waals surface area contributed by atoms with Crippen LogP contribution in [0.4, 0.5) is 0 Å². The van der Waals surface area contributed by atoms with Gasteiger partial charge in [0.15, 0.2) is 0 Å². The van der Waals surface area contributed by atoms with Crippen LogP contribution in [-0.4, -0.2) is 42.5 Å². The number of ether oxygens (including phenoxy) is 2. The van der Waals surface area contributed by atoms with Crippen LogP contribution in [0.1, 0.15) is 41.6 Å². The third-order valence-electron chi connectivity index (χ3n) is 4.70. The summed E-state index contributed by atoms with van der Waals surface area (Å²) in [6, 6.07) is 5.14. The highest BCUT2D eigenvalue weighted by atomic mass is 16.5. The van der Waals surface area contributed by atoms with Gasteiger partial charge in [-0.25, -0.2) is 0 Å². The van der Waals surface area contributed by atoms with E-state index in [1.165, 1.54) is 6.07 Å². The maximum absolute atomic E-state index is 12.4. The lowest BCUT2D eigenvalue weighted by Gasteiger charge is -2.43. The van der Waals surface area contributed by atoms with Crippen LogP contribution in [-0.2, 0) is 9.47 Å². The maximum Gasteiger partial charge on any atom is 0.251 e. The van der Waals surface area contributed by atoms with Crippen LogP contribution in [0, 0.1) is 6.92 Å². The van der Waals surface area contributed by atoms with Crippen molar-refractivity contribution in [3.63, 3.8) is 0 Å². The molecule has 0 saturated carbocycles. The third-order valence-corrected chi connectivity index (χ3v) is 4.70.